The van der Waals surface area contributed by atoms with Crippen molar-refractivity contribution >= 4 is 35.8 Å². The fraction of sp³-hybridized carbons (Fsp3) is 0.320. The Morgan fingerprint density at radius 1 is 1.06 bits per heavy atom. The summed E-state index contributed by atoms with van der Waals surface area (Å²) in [5, 5.41) is 9.49. The van der Waals surface area contributed by atoms with Crippen molar-refractivity contribution in [1.29, 1.82) is 0 Å². The number of guanidine groups is 1. The molecule has 0 bridgehead atoms. The third-order valence-corrected chi connectivity index (χ3v) is 4.98. The Balaban J connectivity index is 0.00000385. The summed E-state index contributed by atoms with van der Waals surface area (Å²) in [5.74, 6) is 1.24. The lowest BCUT2D eigenvalue weighted by Crippen LogP contribution is -2.36. The van der Waals surface area contributed by atoms with E-state index < -0.39 is 0 Å². The number of nitrogens with one attached hydrogen (secondary N) is 3. The van der Waals surface area contributed by atoms with E-state index in [1.807, 2.05) is 75.4 Å². The zero-order valence-corrected chi connectivity index (χ0v) is 21.6. The van der Waals surface area contributed by atoms with Crippen LogP contribution < -0.4 is 16.0 Å². The molecule has 8 heteroatoms. The number of aliphatic imine (C=N–C) groups is 1. The van der Waals surface area contributed by atoms with Gasteiger partial charge in [0.2, 0.25) is 5.89 Å². The van der Waals surface area contributed by atoms with Gasteiger partial charge in [-0.1, -0.05) is 37.3 Å². The summed E-state index contributed by atoms with van der Waals surface area (Å²) in [6.45, 7) is 7.80. The van der Waals surface area contributed by atoms with Crippen molar-refractivity contribution in [3.8, 4) is 11.5 Å². The number of carbonyl (C=O) groups excluding carboxylic acids is 1. The maximum absolute atomic E-state index is 12.2. The predicted molar refractivity (Wildman–Crippen MR) is 143 cm³/mol. The van der Waals surface area contributed by atoms with E-state index in [0.29, 0.717) is 30.5 Å². The highest BCUT2D eigenvalue weighted by molar-refractivity contribution is 14.0. The van der Waals surface area contributed by atoms with Gasteiger partial charge in [-0.15, -0.1) is 24.0 Å². The molecule has 3 aromatic rings. The van der Waals surface area contributed by atoms with Crippen molar-refractivity contribution < 1.29 is 9.21 Å². The average Bonchev–Trinajstić information content (AvgIpc) is 3.31. The standard InChI is InChI=1S/C25H31N5O2.HI/c1-4-18(3)29-23(31)20-13-11-19(12-14-20)15-27-25(26-5-2)28-16-22-17-32-24(30-22)21-9-7-6-8-10-21;/h6-14,17-18H,4-5,15-16H2,1-3H3,(H,29,31)(H2,26,27,28);1H. The maximum atomic E-state index is 12.2. The Hall–Kier alpha value is -2.88. The number of hydrogen-bond acceptors (Lipinski definition) is 4. The predicted octanol–water partition coefficient (Wildman–Crippen LogP) is 4.74. The van der Waals surface area contributed by atoms with Crippen LogP contribution in [0.2, 0.25) is 0 Å². The number of benzene rings is 2. The quantitative estimate of drug-likeness (QED) is 0.200. The highest BCUT2D eigenvalue weighted by Crippen LogP contribution is 2.17. The zero-order valence-electron chi connectivity index (χ0n) is 19.3. The zero-order chi connectivity index (χ0) is 22.8. The van der Waals surface area contributed by atoms with Crippen LogP contribution in [0.25, 0.3) is 11.5 Å². The molecule has 0 aliphatic rings. The molecular formula is C25H32IN5O2. The summed E-state index contributed by atoms with van der Waals surface area (Å²) >= 11 is 0. The minimum absolute atomic E-state index is 0. The van der Waals surface area contributed by atoms with Crippen LogP contribution in [-0.4, -0.2) is 29.4 Å². The molecule has 2 aromatic carbocycles. The Bertz CT molecular complexity index is 1020. The van der Waals surface area contributed by atoms with Gasteiger partial charge < -0.3 is 20.4 Å². The van der Waals surface area contributed by atoms with Crippen molar-refractivity contribution in [3.63, 3.8) is 0 Å². The fourth-order valence-corrected chi connectivity index (χ4v) is 2.96. The van der Waals surface area contributed by atoms with Gasteiger partial charge in [0.05, 0.1) is 18.8 Å². The lowest BCUT2D eigenvalue weighted by molar-refractivity contribution is 0.0939. The molecule has 0 saturated carbocycles. The van der Waals surface area contributed by atoms with E-state index in [4.69, 9.17) is 4.42 Å². The van der Waals surface area contributed by atoms with Gasteiger partial charge in [-0.3, -0.25) is 4.79 Å². The van der Waals surface area contributed by atoms with E-state index in [1.165, 1.54) is 0 Å². The first kappa shape index (κ1) is 26.4. The van der Waals surface area contributed by atoms with Crippen molar-refractivity contribution in [2.75, 3.05) is 6.54 Å². The largest absolute Gasteiger partial charge is 0.444 e. The van der Waals surface area contributed by atoms with Gasteiger partial charge in [0.15, 0.2) is 5.96 Å². The first-order chi connectivity index (χ1) is 15.6. The number of rotatable bonds is 9. The minimum atomic E-state index is -0.0492. The van der Waals surface area contributed by atoms with Gasteiger partial charge in [0.25, 0.3) is 5.91 Å². The van der Waals surface area contributed by atoms with Crippen LogP contribution in [0.1, 0.15) is 48.8 Å². The molecule has 3 rings (SSSR count). The molecule has 33 heavy (non-hydrogen) atoms. The van der Waals surface area contributed by atoms with Crippen LogP contribution in [-0.2, 0) is 13.1 Å². The van der Waals surface area contributed by atoms with Crippen molar-refractivity contribution in [2.45, 2.75) is 46.3 Å². The van der Waals surface area contributed by atoms with E-state index in [1.54, 1.807) is 6.26 Å². The molecule has 1 atom stereocenters. The number of nitrogens with zero attached hydrogens (tertiary/aromatic N) is 2. The van der Waals surface area contributed by atoms with Crippen LogP contribution in [0.15, 0.2) is 70.3 Å². The summed E-state index contributed by atoms with van der Waals surface area (Å²) in [6.07, 6.45) is 2.56. The molecular weight excluding hydrogens is 529 g/mol. The lowest BCUT2D eigenvalue weighted by atomic mass is 10.1. The minimum Gasteiger partial charge on any atom is -0.444 e. The number of carbonyl (C=O) groups is 1. The number of halogens is 1. The van der Waals surface area contributed by atoms with Crippen LogP contribution >= 0.6 is 24.0 Å². The molecule has 7 nitrogen and oxygen atoms in total. The summed E-state index contributed by atoms with van der Waals surface area (Å²) in [4.78, 5) is 21.4. The molecule has 0 aliphatic heterocycles. The van der Waals surface area contributed by atoms with Gasteiger partial charge in [-0.25, -0.2) is 9.98 Å². The number of amides is 1. The molecule has 1 unspecified atom stereocenters. The van der Waals surface area contributed by atoms with Gasteiger partial charge in [-0.05, 0) is 50.1 Å². The normalized spacial score (nSPS) is 11.9. The van der Waals surface area contributed by atoms with Crippen molar-refractivity contribution in [2.24, 2.45) is 4.99 Å². The first-order valence-electron chi connectivity index (χ1n) is 11.0. The lowest BCUT2D eigenvalue weighted by Gasteiger charge is -2.12. The topological polar surface area (TPSA) is 91.5 Å². The van der Waals surface area contributed by atoms with E-state index >= 15 is 0 Å². The number of oxazole rings is 1. The molecule has 3 N–H and O–H groups in total. The van der Waals surface area contributed by atoms with Crippen LogP contribution in [0, 0.1) is 0 Å². The van der Waals surface area contributed by atoms with E-state index in [-0.39, 0.29) is 35.9 Å². The van der Waals surface area contributed by atoms with E-state index in [0.717, 1.165) is 29.8 Å². The van der Waals surface area contributed by atoms with Gasteiger partial charge in [0, 0.05) is 23.7 Å². The molecule has 0 spiro atoms. The van der Waals surface area contributed by atoms with E-state index in [9.17, 15) is 4.79 Å². The van der Waals surface area contributed by atoms with Crippen molar-refractivity contribution in [3.05, 3.63) is 77.7 Å². The van der Waals surface area contributed by atoms with Crippen LogP contribution in [0.4, 0.5) is 0 Å². The molecule has 1 aromatic heterocycles. The third-order valence-electron chi connectivity index (χ3n) is 4.98. The summed E-state index contributed by atoms with van der Waals surface area (Å²) < 4.78 is 5.59. The highest BCUT2D eigenvalue weighted by atomic mass is 127. The Labute approximate surface area is 212 Å². The maximum Gasteiger partial charge on any atom is 0.251 e. The second kappa shape index (κ2) is 13.6. The summed E-state index contributed by atoms with van der Waals surface area (Å²) in [6, 6.07) is 17.5. The second-order valence-corrected chi connectivity index (χ2v) is 7.54. The Kier molecular flexibility index (Phi) is 10.9. The highest BCUT2D eigenvalue weighted by Gasteiger charge is 2.09. The van der Waals surface area contributed by atoms with Crippen LogP contribution in [0.3, 0.4) is 0 Å². The van der Waals surface area contributed by atoms with Crippen molar-refractivity contribution in [1.82, 2.24) is 20.9 Å². The number of aromatic nitrogens is 1. The monoisotopic (exact) mass is 561 g/mol. The van der Waals surface area contributed by atoms with Gasteiger partial charge in [0.1, 0.15) is 6.26 Å². The van der Waals surface area contributed by atoms with E-state index in [2.05, 4.69) is 25.9 Å². The van der Waals surface area contributed by atoms with Crippen LogP contribution in [0.5, 0.6) is 0 Å². The molecule has 1 amide bonds. The second-order valence-electron chi connectivity index (χ2n) is 7.54. The molecule has 1 heterocycles. The summed E-state index contributed by atoms with van der Waals surface area (Å²) in [5.41, 5.74) is 3.42. The Morgan fingerprint density at radius 3 is 2.45 bits per heavy atom. The summed E-state index contributed by atoms with van der Waals surface area (Å²) in [7, 11) is 0. The molecule has 0 saturated heterocycles. The first-order valence-corrected chi connectivity index (χ1v) is 11.0. The Morgan fingerprint density at radius 2 is 1.79 bits per heavy atom. The molecule has 176 valence electrons. The molecule has 0 fully saturated rings. The smallest absolute Gasteiger partial charge is 0.251 e. The molecule has 0 aliphatic carbocycles. The van der Waals surface area contributed by atoms with Gasteiger partial charge in [-0.2, -0.15) is 0 Å². The number of hydrogen-bond donors (Lipinski definition) is 3. The third kappa shape index (κ3) is 8.20. The average molecular weight is 561 g/mol. The fourth-order valence-electron chi connectivity index (χ4n) is 2.96. The SMILES string of the molecule is CCNC(=NCc1ccc(C(=O)NC(C)CC)cc1)NCc1coc(-c2ccccc2)n1.I. The molecule has 0 radical (unpaired) electrons. The van der Waals surface area contributed by atoms with Gasteiger partial charge >= 0.3 is 0 Å².